The standard InChI is InChI=1S/C32H35N3O3S/c1-34(19-22-6-10-24(11-7-22)27-4-3-5-29(36)18-27)28-16-14-25(15-17-28)30-21-39-32(33-30)35(2)20-23-8-12-26(13-9-23)31(37)38/h6-17,21,27,29,36H,3-5,18-20H2,1-2H3,(H,37,38)/t27-,29+/m0/s1. The summed E-state index contributed by atoms with van der Waals surface area (Å²) < 4.78 is 0. The van der Waals surface area contributed by atoms with Gasteiger partial charge >= 0.3 is 5.97 Å². The molecule has 0 radical (unpaired) electrons. The number of aromatic nitrogens is 1. The zero-order valence-electron chi connectivity index (χ0n) is 22.5. The summed E-state index contributed by atoms with van der Waals surface area (Å²) >= 11 is 1.60. The molecule has 0 bridgehead atoms. The summed E-state index contributed by atoms with van der Waals surface area (Å²) in [6.45, 7) is 1.48. The lowest BCUT2D eigenvalue weighted by Gasteiger charge is -2.26. The first kappa shape index (κ1) is 26.9. The van der Waals surface area contributed by atoms with Crippen molar-refractivity contribution in [2.24, 2.45) is 0 Å². The van der Waals surface area contributed by atoms with Crippen LogP contribution >= 0.6 is 11.3 Å². The van der Waals surface area contributed by atoms with Crippen molar-refractivity contribution in [1.29, 1.82) is 0 Å². The number of carboxylic acids is 1. The van der Waals surface area contributed by atoms with E-state index in [9.17, 15) is 9.90 Å². The third-order valence-electron chi connectivity index (χ3n) is 7.56. The van der Waals surface area contributed by atoms with Gasteiger partial charge in [-0.2, -0.15) is 0 Å². The van der Waals surface area contributed by atoms with E-state index < -0.39 is 5.97 Å². The van der Waals surface area contributed by atoms with Crippen LogP contribution in [0.1, 0.15) is 58.6 Å². The highest BCUT2D eigenvalue weighted by Gasteiger charge is 2.21. The molecule has 202 valence electrons. The number of nitrogens with zero attached hydrogens (tertiary/aromatic N) is 3. The number of carbonyl (C=O) groups is 1. The van der Waals surface area contributed by atoms with E-state index >= 15 is 0 Å². The quantitative estimate of drug-likeness (QED) is 0.243. The number of hydrogen-bond acceptors (Lipinski definition) is 6. The lowest BCUT2D eigenvalue weighted by Crippen LogP contribution is -2.18. The van der Waals surface area contributed by atoms with E-state index in [1.165, 1.54) is 17.5 Å². The summed E-state index contributed by atoms with van der Waals surface area (Å²) in [6, 6.07) is 24.4. The van der Waals surface area contributed by atoms with E-state index in [1.54, 1.807) is 23.5 Å². The molecular weight excluding hydrogens is 506 g/mol. The molecule has 1 aliphatic rings. The van der Waals surface area contributed by atoms with E-state index in [4.69, 9.17) is 10.1 Å². The Morgan fingerprint density at radius 3 is 2.18 bits per heavy atom. The minimum atomic E-state index is -0.914. The Balaban J connectivity index is 1.18. The highest BCUT2D eigenvalue weighted by molar-refractivity contribution is 7.14. The van der Waals surface area contributed by atoms with Gasteiger partial charge in [0, 0.05) is 43.8 Å². The first-order valence-corrected chi connectivity index (χ1v) is 14.3. The van der Waals surface area contributed by atoms with E-state index in [0.717, 1.165) is 53.4 Å². The predicted molar refractivity (Wildman–Crippen MR) is 159 cm³/mol. The molecule has 39 heavy (non-hydrogen) atoms. The van der Waals surface area contributed by atoms with Crippen LogP contribution in [0.2, 0.25) is 0 Å². The fourth-order valence-corrected chi connectivity index (χ4v) is 6.08. The maximum atomic E-state index is 11.1. The molecule has 2 atom stereocenters. The minimum Gasteiger partial charge on any atom is -0.478 e. The Kier molecular flexibility index (Phi) is 8.29. The number of thiazole rings is 1. The second-order valence-electron chi connectivity index (χ2n) is 10.5. The van der Waals surface area contributed by atoms with Crippen molar-refractivity contribution < 1.29 is 15.0 Å². The van der Waals surface area contributed by atoms with Gasteiger partial charge in [-0.25, -0.2) is 9.78 Å². The van der Waals surface area contributed by atoms with Gasteiger partial charge in [0.05, 0.1) is 17.4 Å². The van der Waals surface area contributed by atoms with Gasteiger partial charge in [-0.1, -0.05) is 55.0 Å². The molecule has 0 unspecified atom stereocenters. The maximum Gasteiger partial charge on any atom is 0.335 e. The van der Waals surface area contributed by atoms with Gasteiger partial charge in [-0.15, -0.1) is 11.3 Å². The SMILES string of the molecule is CN(Cc1ccc([C@H]2CCC[C@@H](O)C2)cc1)c1ccc(-c2csc(N(C)Cc3ccc(C(=O)O)cc3)n2)cc1. The Morgan fingerprint density at radius 2 is 1.54 bits per heavy atom. The molecule has 7 heteroatoms. The molecule has 2 N–H and O–H groups in total. The minimum absolute atomic E-state index is 0.153. The molecule has 3 aromatic carbocycles. The van der Waals surface area contributed by atoms with Crippen molar-refractivity contribution in [3.63, 3.8) is 0 Å². The fraction of sp³-hybridized carbons (Fsp3) is 0.312. The summed E-state index contributed by atoms with van der Waals surface area (Å²) in [5.74, 6) is -0.438. The zero-order chi connectivity index (χ0) is 27.4. The molecule has 0 aliphatic heterocycles. The normalized spacial score (nSPS) is 17.1. The van der Waals surface area contributed by atoms with Crippen molar-refractivity contribution in [2.45, 2.75) is 50.8 Å². The lowest BCUT2D eigenvalue weighted by atomic mass is 9.82. The van der Waals surface area contributed by atoms with Crippen LogP contribution in [0.5, 0.6) is 0 Å². The summed E-state index contributed by atoms with van der Waals surface area (Å²) in [5, 5.41) is 22.1. The zero-order valence-corrected chi connectivity index (χ0v) is 23.3. The number of aromatic carboxylic acids is 1. The number of aliphatic hydroxyl groups excluding tert-OH is 1. The summed E-state index contributed by atoms with van der Waals surface area (Å²) in [7, 11) is 4.11. The predicted octanol–water partition coefficient (Wildman–Crippen LogP) is 6.80. The first-order chi connectivity index (χ1) is 18.9. The van der Waals surface area contributed by atoms with Crippen LogP contribution in [0, 0.1) is 0 Å². The molecule has 1 aromatic heterocycles. The monoisotopic (exact) mass is 541 g/mol. The van der Waals surface area contributed by atoms with Gasteiger partial charge in [0.25, 0.3) is 0 Å². The summed E-state index contributed by atoms with van der Waals surface area (Å²) in [6.07, 6.45) is 3.94. The number of benzene rings is 3. The summed E-state index contributed by atoms with van der Waals surface area (Å²) in [4.78, 5) is 20.2. The van der Waals surface area contributed by atoms with Crippen LogP contribution in [0.15, 0.2) is 78.2 Å². The lowest BCUT2D eigenvalue weighted by molar-refractivity contribution is 0.0697. The second-order valence-corrected chi connectivity index (χ2v) is 11.4. The van der Waals surface area contributed by atoms with E-state index in [0.29, 0.717) is 18.0 Å². The number of rotatable bonds is 9. The maximum absolute atomic E-state index is 11.1. The van der Waals surface area contributed by atoms with Crippen molar-refractivity contribution in [2.75, 3.05) is 23.9 Å². The van der Waals surface area contributed by atoms with Crippen LogP contribution in [0.25, 0.3) is 11.3 Å². The molecule has 0 spiro atoms. The number of aliphatic hydroxyl groups is 1. The Labute approximate surface area is 234 Å². The molecule has 0 amide bonds. The van der Waals surface area contributed by atoms with Gasteiger partial charge < -0.3 is 20.0 Å². The fourth-order valence-electron chi connectivity index (χ4n) is 5.28. The van der Waals surface area contributed by atoms with Crippen LogP contribution in [-0.4, -0.2) is 41.4 Å². The number of anilines is 2. The van der Waals surface area contributed by atoms with Gasteiger partial charge in [-0.05, 0) is 66.1 Å². The van der Waals surface area contributed by atoms with Crippen molar-refractivity contribution in [3.05, 3.63) is 100 Å². The number of hydrogen-bond donors (Lipinski definition) is 2. The van der Waals surface area contributed by atoms with Crippen LogP contribution in [-0.2, 0) is 13.1 Å². The van der Waals surface area contributed by atoms with E-state index in [2.05, 4.69) is 70.8 Å². The van der Waals surface area contributed by atoms with Crippen molar-refractivity contribution in [3.8, 4) is 11.3 Å². The van der Waals surface area contributed by atoms with Crippen molar-refractivity contribution >= 4 is 28.1 Å². The Bertz CT molecular complexity index is 1380. The van der Waals surface area contributed by atoms with Gasteiger partial charge in [0.15, 0.2) is 5.13 Å². The van der Waals surface area contributed by atoms with E-state index in [-0.39, 0.29) is 6.10 Å². The highest BCUT2D eigenvalue weighted by Crippen LogP contribution is 2.33. The third kappa shape index (κ3) is 6.67. The van der Waals surface area contributed by atoms with Crippen LogP contribution in [0.4, 0.5) is 10.8 Å². The molecule has 6 nitrogen and oxygen atoms in total. The second kappa shape index (κ2) is 12.0. The molecule has 1 fully saturated rings. The van der Waals surface area contributed by atoms with Gasteiger partial charge in [-0.3, -0.25) is 0 Å². The first-order valence-electron chi connectivity index (χ1n) is 13.4. The molecule has 1 heterocycles. The van der Waals surface area contributed by atoms with E-state index in [1.807, 2.05) is 19.2 Å². The van der Waals surface area contributed by atoms with Crippen LogP contribution < -0.4 is 9.80 Å². The Hall–Kier alpha value is -3.68. The van der Waals surface area contributed by atoms with Gasteiger partial charge in [0.2, 0.25) is 0 Å². The summed E-state index contributed by atoms with van der Waals surface area (Å²) in [5.41, 5.74) is 7.11. The number of carboxylic acid groups (broad SMARTS) is 1. The molecule has 5 rings (SSSR count). The highest BCUT2D eigenvalue weighted by atomic mass is 32.1. The van der Waals surface area contributed by atoms with Gasteiger partial charge in [0.1, 0.15) is 0 Å². The smallest absolute Gasteiger partial charge is 0.335 e. The van der Waals surface area contributed by atoms with Crippen molar-refractivity contribution in [1.82, 2.24) is 4.98 Å². The topological polar surface area (TPSA) is 76.9 Å². The third-order valence-corrected chi connectivity index (χ3v) is 8.52. The molecule has 1 aliphatic carbocycles. The molecular formula is C32H35N3O3S. The largest absolute Gasteiger partial charge is 0.478 e. The van der Waals surface area contributed by atoms with Crippen LogP contribution in [0.3, 0.4) is 0 Å². The average Bonchev–Trinajstić information content (AvgIpc) is 3.45. The Morgan fingerprint density at radius 1 is 0.897 bits per heavy atom. The molecule has 0 saturated heterocycles. The molecule has 4 aromatic rings. The molecule has 1 saturated carbocycles. The average molecular weight is 542 g/mol.